The Bertz CT molecular complexity index is 3870. The van der Waals surface area contributed by atoms with Gasteiger partial charge in [-0.25, -0.2) is 15.0 Å². The van der Waals surface area contributed by atoms with Crippen molar-refractivity contribution in [2.75, 3.05) is 0 Å². The van der Waals surface area contributed by atoms with Gasteiger partial charge in [-0.1, -0.05) is 146 Å². The average molecular weight is 836 g/mol. The predicted molar refractivity (Wildman–Crippen MR) is 269 cm³/mol. The standard InChI is InChI=1S/C58H37N5S/c1-4-15-36(16-5-1)55-45-29-32-52-54(53(45)44-24-10-12-25-48(44)59-55)47-34-39(28-31-51(47)64-52)38-19-14-20-40(33-38)57-60-56(37-17-6-2-7-18-37)61-58(62-57)41-27-30-50-46(35-41)43-23-11-13-26-49(43)63(50)42-21-8-3-9-22-42/h1-35,57H,(H,60,61,62). The molecule has 0 saturated carbocycles. The maximum Gasteiger partial charge on any atom is 0.169 e. The first-order valence-electron chi connectivity index (χ1n) is 21.6. The number of hydrogen-bond donors (Lipinski definition) is 1. The lowest BCUT2D eigenvalue weighted by Gasteiger charge is -2.23. The van der Waals surface area contributed by atoms with Crippen LogP contribution < -0.4 is 5.32 Å². The Balaban J connectivity index is 0.946. The van der Waals surface area contributed by atoms with Crippen molar-refractivity contribution in [3.8, 4) is 28.1 Å². The molecule has 0 spiro atoms. The van der Waals surface area contributed by atoms with Gasteiger partial charge in [0.2, 0.25) is 0 Å². The normalized spacial score (nSPS) is 14.1. The molecule has 0 bridgehead atoms. The second kappa shape index (κ2) is 14.7. The summed E-state index contributed by atoms with van der Waals surface area (Å²) in [6.45, 7) is 0. The molecule has 1 unspecified atom stereocenters. The van der Waals surface area contributed by atoms with E-state index in [1.165, 1.54) is 47.2 Å². The second-order valence-corrected chi connectivity index (χ2v) is 17.5. The Morgan fingerprint density at radius 2 is 1.03 bits per heavy atom. The van der Waals surface area contributed by atoms with Crippen molar-refractivity contribution in [2.45, 2.75) is 6.17 Å². The van der Waals surface area contributed by atoms with Crippen LogP contribution in [0.1, 0.15) is 22.9 Å². The number of benzene rings is 9. The molecule has 5 nitrogen and oxygen atoms in total. The fourth-order valence-electron chi connectivity index (χ4n) is 9.65. The lowest BCUT2D eigenvalue weighted by atomic mass is 9.95. The number of nitrogens with zero attached hydrogens (tertiary/aromatic N) is 4. The molecule has 300 valence electrons. The van der Waals surface area contributed by atoms with E-state index < -0.39 is 6.17 Å². The topological polar surface area (TPSA) is 54.6 Å². The summed E-state index contributed by atoms with van der Waals surface area (Å²) < 4.78 is 4.87. The van der Waals surface area contributed by atoms with E-state index in [4.69, 9.17) is 15.0 Å². The molecule has 4 heterocycles. The van der Waals surface area contributed by atoms with Gasteiger partial charge in [0.15, 0.2) is 6.17 Å². The highest BCUT2D eigenvalue weighted by Crippen LogP contribution is 2.45. The number of aliphatic imine (C=N–C) groups is 2. The Kier molecular flexibility index (Phi) is 8.39. The van der Waals surface area contributed by atoms with Crippen molar-refractivity contribution < 1.29 is 0 Å². The van der Waals surface area contributed by atoms with Crippen molar-refractivity contribution in [1.82, 2.24) is 14.9 Å². The molecule has 0 aliphatic carbocycles. The quantitative estimate of drug-likeness (QED) is 0.170. The van der Waals surface area contributed by atoms with E-state index in [2.05, 4.69) is 216 Å². The molecule has 12 aromatic rings. The second-order valence-electron chi connectivity index (χ2n) is 16.4. The number of amidine groups is 2. The molecule has 1 N–H and O–H groups in total. The van der Waals surface area contributed by atoms with Crippen LogP contribution in [0.15, 0.2) is 222 Å². The predicted octanol–water partition coefficient (Wildman–Crippen LogP) is 14.7. The number of thiophene rings is 1. The van der Waals surface area contributed by atoms with Gasteiger partial charge in [-0.3, -0.25) is 0 Å². The summed E-state index contributed by atoms with van der Waals surface area (Å²) in [6, 6.07) is 75.6. The molecule has 1 aliphatic rings. The molecule has 9 aromatic carbocycles. The lowest BCUT2D eigenvalue weighted by molar-refractivity contribution is 0.756. The minimum Gasteiger partial charge on any atom is -0.324 e. The zero-order valence-electron chi connectivity index (χ0n) is 34.5. The fourth-order valence-corrected chi connectivity index (χ4v) is 10.7. The first-order valence-corrected chi connectivity index (χ1v) is 22.4. The molecule has 0 saturated heterocycles. The third-order valence-electron chi connectivity index (χ3n) is 12.6. The largest absolute Gasteiger partial charge is 0.324 e. The molecule has 1 aliphatic heterocycles. The van der Waals surface area contributed by atoms with Crippen LogP contribution in [0.5, 0.6) is 0 Å². The number of pyridine rings is 1. The Morgan fingerprint density at radius 1 is 0.406 bits per heavy atom. The summed E-state index contributed by atoms with van der Waals surface area (Å²) in [7, 11) is 0. The smallest absolute Gasteiger partial charge is 0.169 e. The lowest BCUT2D eigenvalue weighted by Crippen LogP contribution is -2.36. The third-order valence-corrected chi connectivity index (χ3v) is 13.7. The zero-order chi connectivity index (χ0) is 42.1. The maximum absolute atomic E-state index is 5.37. The van der Waals surface area contributed by atoms with Crippen LogP contribution in [0, 0.1) is 0 Å². The average Bonchev–Trinajstić information content (AvgIpc) is 3.92. The molecular weight excluding hydrogens is 799 g/mol. The molecule has 0 fully saturated rings. The summed E-state index contributed by atoms with van der Waals surface area (Å²) in [6.07, 6.45) is -0.460. The molecule has 0 radical (unpaired) electrons. The first kappa shape index (κ1) is 36.5. The van der Waals surface area contributed by atoms with Gasteiger partial charge >= 0.3 is 0 Å². The summed E-state index contributed by atoms with van der Waals surface area (Å²) in [5.41, 5.74) is 11.9. The number of aromatic nitrogens is 2. The van der Waals surface area contributed by atoms with Crippen LogP contribution >= 0.6 is 11.3 Å². The zero-order valence-corrected chi connectivity index (χ0v) is 35.3. The minimum absolute atomic E-state index is 0.460. The van der Waals surface area contributed by atoms with Crippen LogP contribution in [0.3, 0.4) is 0 Å². The molecule has 6 heteroatoms. The number of para-hydroxylation sites is 3. The fraction of sp³-hybridized carbons (Fsp3) is 0.0172. The summed E-state index contributed by atoms with van der Waals surface area (Å²) in [5, 5.41) is 12.1. The van der Waals surface area contributed by atoms with Crippen LogP contribution in [-0.2, 0) is 0 Å². The molecule has 0 amide bonds. The Morgan fingerprint density at radius 3 is 1.86 bits per heavy atom. The van der Waals surface area contributed by atoms with Crippen molar-refractivity contribution >= 4 is 86.7 Å². The van der Waals surface area contributed by atoms with Crippen molar-refractivity contribution in [3.63, 3.8) is 0 Å². The number of hydrogen-bond acceptors (Lipinski definition) is 5. The van der Waals surface area contributed by atoms with Crippen molar-refractivity contribution in [1.29, 1.82) is 0 Å². The van der Waals surface area contributed by atoms with Gasteiger partial charge < -0.3 is 9.88 Å². The van der Waals surface area contributed by atoms with E-state index in [-0.39, 0.29) is 0 Å². The SMILES string of the molecule is c1ccc(C2=NC(c3cccc(-c4ccc5sc6ccc7c(-c8ccccc8)nc8ccccc8c7c6c5c4)c3)N=C(c3ccc4c(c3)c3ccccc3n4-c3ccccc3)N2)cc1. The van der Waals surface area contributed by atoms with Gasteiger partial charge in [0.05, 0.1) is 22.2 Å². The van der Waals surface area contributed by atoms with E-state index in [1.54, 1.807) is 0 Å². The molecule has 13 rings (SSSR count). The maximum atomic E-state index is 5.37. The van der Waals surface area contributed by atoms with Gasteiger partial charge in [0.1, 0.15) is 11.7 Å². The van der Waals surface area contributed by atoms with E-state index in [9.17, 15) is 0 Å². The summed E-state index contributed by atoms with van der Waals surface area (Å²) >= 11 is 1.85. The number of fused-ring (bicyclic) bond motifs is 10. The van der Waals surface area contributed by atoms with Crippen molar-refractivity contribution in [3.05, 3.63) is 229 Å². The van der Waals surface area contributed by atoms with E-state index in [0.717, 1.165) is 72.9 Å². The molecular formula is C58H37N5S. The van der Waals surface area contributed by atoms with Crippen LogP contribution in [-0.4, -0.2) is 21.2 Å². The van der Waals surface area contributed by atoms with Gasteiger partial charge in [0, 0.05) is 69.5 Å². The summed E-state index contributed by atoms with van der Waals surface area (Å²) in [5.74, 6) is 1.58. The van der Waals surface area contributed by atoms with Crippen LogP contribution in [0.25, 0.3) is 91.7 Å². The third kappa shape index (κ3) is 5.95. The van der Waals surface area contributed by atoms with Crippen LogP contribution in [0.4, 0.5) is 0 Å². The minimum atomic E-state index is -0.460. The van der Waals surface area contributed by atoms with E-state index >= 15 is 0 Å². The highest BCUT2D eigenvalue weighted by molar-refractivity contribution is 7.26. The Labute approximate surface area is 373 Å². The van der Waals surface area contributed by atoms with E-state index in [1.807, 2.05) is 17.4 Å². The van der Waals surface area contributed by atoms with E-state index in [0.29, 0.717) is 0 Å². The summed E-state index contributed by atoms with van der Waals surface area (Å²) in [4.78, 5) is 15.9. The molecule has 1 atom stereocenters. The van der Waals surface area contributed by atoms with Crippen molar-refractivity contribution in [2.24, 2.45) is 9.98 Å². The first-order chi connectivity index (χ1) is 31.7. The number of rotatable bonds is 6. The monoisotopic (exact) mass is 835 g/mol. The van der Waals surface area contributed by atoms with Gasteiger partial charge in [-0.15, -0.1) is 11.3 Å². The van der Waals surface area contributed by atoms with Gasteiger partial charge in [-0.05, 0) is 83.4 Å². The number of nitrogens with one attached hydrogen (secondary N) is 1. The van der Waals surface area contributed by atoms with Gasteiger partial charge in [-0.2, -0.15) is 0 Å². The van der Waals surface area contributed by atoms with Gasteiger partial charge in [0.25, 0.3) is 0 Å². The van der Waals surface area contributed by atoms with Crippen LogP contribution in [0.2, 0.25) is 0 Å². The Hall–Kier alpha value is -8.19. The molecule has 3 aromatic heterocycles. The highest BCUT2D eigenvalue weighted by Gasteiger charge is 2.23. The highest BCUT2D eigenvalue weighted by atomic mass is 32.1. The molecule has 64 heavy (non-hydrogen) atoms.